The molecule has 1 atom stereocenters. The van der Waals surface area contributed by atoms with Gasteiger partial charge in [-0.3, -0.25) is 4.79 Å². The number of hydrogen-bond acceptors (Lipinski definition) is 2. The maximum Gasteiger partial charge on any atom is 0.260 e. The van der Waals surface area contributed by atoms with Crippen LogP contribution in [-0.2, 0) is 0 Å². The quantitative estimate of drug-likeness (QED) is 0.836. The summed E-state index contributed by atoms with van der Waals surface area (Å²) in [4.78, 5) is 17.1. The van der Waals surface area contributed by atoms with Gasteiger partial charge in [-0.1, -0.05) is 0 Å². The molecule has 1 unspecified atom stereocenters. The predicted octanol–water partition coefficient (Wildman–Crippen LogP) is 2.85. The summed E-state index contributed by atoms with van der Waals surface area (Å²) < 4.78 is 27.9. The number of carbonyl (C=O) groups excluding carboxylic acids is 1. The smallest absolute Gasteiger partial charge is 0.260 e. The van der Waals surface area contributed by atoms with E-state index >= 15 is 0 Å². The minimum atomic E-state index is -0.989. The van der Waals surface area contributed by atoms with Crippen molar-refractivity contribution in [1.82, 2.24) is 9.88 Å². The van der Waals surface area contributed by atoms with Gasteiger partial charge in [-0.2, -0.15) is 0 Å². The third-order valence-corrected chi connectivity index (χ3v) is 3.83. The molecule has 110 valence electrons. The zero-order chi connectivity index (χ0) is 15.0. The van der Waals surface area contributed by atoms with Crippen LogP contribution in [0.15, 0.2) is 30.5 Å². The number of nitrogens with one attached hydrogen (secondary N) is 1. The highest BCUT2D eigenvalue weighted by Crippen LogP contribution is 2.33. The summed E-state index contributed by atoms with van der Waals surface area (Å²) in [6.07, 6.45) is 3.32. The Balaban J connectivity index is 1.97. The molecular weight excluding hydrogens is 276 g/mol. The molecule has 1 aromatic heterocycles. The molecule has 3 N–H and O–H groups in total. The molecule has 0 aliphatic carbocycles. The number of nitrogen functional groups attached to an aromatic ring is 1. The molecule has 0 saturated carbocycles. The van der Waals surface area contributed by atoms with Crippen LogP contribution in [0.4, 0.5) is 14.5 Å². The molecule has 1 aliphatic heterocycles. The second kappa shape index (κ2) is 5.20. The average Bonchev–Trinajstić information content (AvgIpc) is 3.12. The summed E-state index contributed by atoms with van der Waals surface area (Å²) in [5.41, 5.74) is 5.50. The van der Waals surface area contributed by atoms with Gasteiger partial charge in [-0.05, 0) is 37.1 Å². The largest absolute Gasteiger partial charge is 0.396 e. The van der Waals surface area contributed by atoms with Gasteiger partial charge in [-0.15, -0.1) is 0 Å². The van der Waals surface area contributed by atoms with Crippen LogP contribution in [0, 0.1) is 11.6 Å². The lowest BCUT2D eigenvalue weighted by Gasteiger charge is -2.24. The standard InChI is InChI=1S/C15H15F2N3O/c16-9-5-6-10(18)14(17)13(9)15(21)20-8-2-4-12(20)11-3-1-7-19-11/h1,3,5-7,12,19H,2,4,8,18H2. The number of H-pyrrole nitrogens is 1. The Morgan fingerprint density at radius 1 is 1.33 bits per heavy atom. The van der Waals surface area contributed by atoms with Crippen LogP contribution in [0.5, 0.6) is 0 Å². The van der Waals surface area contributed by atoms with Crippen molar-refractivity contribution in [2.24, 2.45) is 0 Å². The second-order valence-electron chi connectivity index (χ2n) is 5.11. The molecule has 1 amide bonds. The lowest BCUT2D eigenvalue weighted by molar-refractivity contribution is 0.0723. The maximum absolute atomic E-state index is 14.0. The average molecular weight is 291 g/mol. The van der Waals surface area contributed by atoms with Gasteiger partial charge in [0.15, 0.2) is 5.82 Å². The molecule has 0 bridgehead atoms. The fourth-order valence-corrected chi connectivity index (χ4v) is 2.79. The Labute approximate surface area is 120 Å². The molecule has 0 spiro atoms. The fourth-order valence-electron chi connectivity index (χ4n) is 2.79. The summed E-state index contributed by atoms with van der Waals surface area (Å²) >= 11 is 0. The first kappa shape index (κ1) is 13.6. The normalized spacial score (nSPS) is 18.2. The second-order valence-corrected chi connectivity index (χ2v) is 5.11. The van der Waals surface area contributed by atoms with Gasteiger partial charge in [0, 0.05) is 18.4 Å². The van der Waals surface area contributed by atoms with Gasteiger partial charge in [0.25, 0.3) is 5.91 Å². The van der Waals surface area contributed by atoms with Crippen molar-refractivity contribution in [2.45, 2.75) is 18.9 Å². The first-order chi connectivity index (χ1) is 10.1. The topological polar surface area (TPSA) is 62.1 Å². The highest BCUT2D eigenvalue weighted by atomic mass is 19.1. The number of aromatic amines is 1. The first-order valence-corrected chi connectivity index (χ1v) is 6.77. The molecule has 6 heteroatoms. The third-order valence-electron chi connectivity index (χ3n) is 3.83. The number of aromatic nitrogens is 1. The summed E-state index contributed by atoms with van der Waals surface area (Å²) in [5, 5.41) is 0. The molecule has 3 rings (SSSR count). The number of rotatable bonds is 2. The highest BCUT2D eigenvalue weighted by molar-refractivity contribution is 5.96. The summed E-state index contributed by atoms with van der Waals surface area (Å²) in [6, 6.07) is 5.65. The molecule has 2 heterocycles. The van der Waals surface area contributed by atoms with E-state index in [9.17, 15) is 13.6 Å². The van der Waals surface area contributed by atoms with Crippen molar-refractivity contribution in [3.63, 3.8) is 0 Å². The molecule has 21 heavy (non-hydrogen) atoms. The van der Waals surface area contributed by atoms with Crippen LogP contribution in [0.25, 0.3) is 0 Å². The summed E-state index contributed by atoms with van der Waals surface area (Å²) in [5.74, 6) is -2.53. The molecule has 0 radical (unpaired) electrons. The number of hydrogen-bond donors (Lipinski definition) is 2. The number of nitrogens with zero attached hydrogens (tertiary/aromatic N) is 1. The van der Waals surface area contributed by atoms with E-state index in [4.69, 9.17) is 5.73 Å². The third kappa shape index (κ3) is 2.26. The van der Waals surface area contributed by atoms with E-state index in [-0.39, 0.29) is 11.7 Å². The number of nitrogens with two attached hydrogens (primary N) is 1. The Hall–Kier alpha value is -2.37. The molecule has 1 aromatic carbocycles. The zero-order valence-corrected chi connectivity index (χ0v) is 11.3. The van der Waals surface area contributed by atoms with E-state index in [2.05, 4.69) is 4.98 Å². The van der Waals surface area contributed by atoms with Crippen molar-refractivity contribution in [1.29, 1.82) is 0 Å². The number of likely N-dealkylation sites (tertiary alicyclic amines) is 1. The molecular formula is C15H15F2N3O. The number of anilines is 1. The van der Waals surface area contributed by atoms with Crippen molar-refractivity contribution in [2.75, 3.05) is 12.3 Å². The molecule has 1 aliphatic rings. The number of carbonyl (C=O) groups is 1. The van der Waals surface area contributed by atoms with Gasteiger partial charge in [0.2, 0.25) is 0 Å². The van der Waals surface area contributed by atoms with Crippen molar-refractivity contribution < 1.29 is 13.6 Å². The lowest BCUT2D eigenvalue weighted by Crippen LogP contribution is -2.32. The van der Waals surface area contributed by atoms with Crippen LogP contribution in [0.3, 0.4) is 0 Å². The van der Waals surface area contributed by atoms with Gasteiger partial charge < -0.3 is 15.6 Å². The van der Waals surface area contributed by atoms with E-state index in [0.29, 0.717) is 6.54 Å². The summed E-state index contributed by atoms with van der Waals surface area (Å²) in [7, 11) is 0. The number of amides is 1. The Kier molecular flexibility index (Phi) is 3.37. The first-order valence-electron chi connectivity index (χ1n) is 6.77. The van der Waals surface area contributed by atoms with Crippen molar-refractivity contribution in [3.8, 4) is 0 Å². The predicted molar refractivity (Wildman–Crippen MR) is 74.6 cm³/mol. The Morgan fingerprint density at radius 2 is 2.14 bits per heavy atom. The van der Waals surface area contributed by atoms with Crippen LogP contribution < -0.4 is 5.73 Å². The molecule has 1 saturated heterocycles. The lowest BCUT2D eigenvalue weighted by atomic mass is 10.1. The van der Waals surface area contributed by atoms with Crippen molar-refractivity contribution >= 4 is 11.6 Å². The molecule has 2 aromatic rings. The Morgan fingerprint density at radius 3 is 2.86 bits per heavy atom. The van der Waals surface area contributed by atoms with Gasteiger partial charge >= 0.3 is 0 Å². The molecule has 4 nitrogen and oxygen atoms in total. The van der Waals surface area contributed by atoms with Gasteiger partial charge in [-0.25, -0.2) is 8.78 Å². The maximum atomic E-state index is 14.0. The van der Waals surface area contributed by atoms with E-state index < -0.39 is 23.1 Å². The van der Waals surface area contributed by atoms with E-state index in [1.165, 1.54) is 4.90 Å². The molecule has 1 fully saturated rings. The van der Waals surface area contributed by atoms with Gasteiger partial charge in [0.05, 0.1) is 11.7 Å². The fraction of sp³-hybridized carbons (Fsp3) is 0.267. The Bertz CT molecular complexity index is 670. The van der Waals surface area contributed by atoms with E-state index in [1.807, 2.05) is 12.1 Å². The van der Waals surface area contributed by atoms with Gasteiger partial charge in [0.1, 0.15) is 11.4 Å². The van der Waals surface area contributed by atoms with Crippen molar-refractivity contribution in [3.05, 3.63) is 53.4 Å². The number of benzene rings is 1. The number of halogens is 2. The SMILES string of the molecule is Nc1ccc(F)c(C(=O)N2CCCC2c2ccc[nH]2)c1F. The van der Waals surface area contributed by atoms with Crippen LogP contribution in [0.2, 0.25) is 0 Å². The minimum Gasteiger partial charge on any atom is -0.396 e. The van der Waals surface area contributed by atoms with Crippen LogP contribution >= 0.6 is 0 Å². The minimum absolute atomic E-state index is 0.187. The van der Waals surface area contributed by atoms with E-state index in [0.717, 1.165) is 30.7 Å². The highest BCUT2D eigenvalue weighted by Gasteiger charge is 2.34. The summed E-state index contributed by atoms with van der Waals surface area (Å²) in [6.45, 7) is 0.468. The monoisotopic (exact) mass is 291 g/mol. The zero-order valence-electron chi connectivity index (χ0n) is 11.3. The van der Waals surface area contributed by atoms with Crippen LogP contribution in [0.1, 0.15) is 34.9 Å². The van der Waals surface area contributed by atoms with Crippen LogP contribution in [-0.4, -0.2) is 22.3 Å². The van der Waals surface area contributed by atoms with E-state index in [1.54, 1.807) is 6.20 Å².